The third-order valence-electron chi connectivity index (χ3n) is 3.62. The minimum absolute atomic E-state index is 0.178. The van der Waals surface area contributed by atoms with E-state index < -0.39 is 15.9 Å². The van der Waals surface area contributed by atoms with E-state index in [9.17, 15) is 13.5 Å². The maximum atomic E-state index is 11.3. The summed E-state index contributed by atoms with van der Waals surface area (Å²) in [6, 6.07) is 9.99. The maximum absolute atomic E-state index is 11.3. The lowest BCUT2D eigenvalue weighted by Crippen LogP contribution is -2.42. The third-order valence-corrected chi connectivity index (χ3v) is 5.33. The molecular formula is C15H23NO4S. The van der Waals surface area contributed by atoms with Gasteiger partial charge < -0.3 is 15.2 Å². The van der Waals surface area contributed by atoms with Crippen LogP contribution in [0.5, 0.6) is 0 Å². The summed E-state index contributed by atoms with van der Waals surface area (Å²) in [5.74, 6) is 0.483. The quantitative estimate of drug-likeness (QED) is 0.776. The fourth-order valence-electron chi connectivity index (χ4n) is 2.34. The summed E-state index contributed by atoms with van der Waals surface area (Å²) in [6.07, 6.45) is 0.673. The highest BCUT2D eigenvalue weighted by Gasteiger charge is 2.23. The molecule has 0 amide bonds. The number of nitrogens with one attached hydrogen (secondary N) is 1. The lowest BCUT2D eigenvalue weighted by Gasteiger charge is -2.24. The van der Waals surface area contributed by atoms with Gasteiger partial charge in [-0.1, -0.05) is 30.3 Å². The van der Waals surface area contributed by atoms with E-state index in [0.29, 0.717) is 26.0 Å². The highest BCUT2D eigenvalue weighted by Crippen LogP contribution is 2.12. The van der Waals surface area contributed by atoms with Crippen LogP contribution in [0.4, 0.5) is 0 Å². The Morgan fingerprint density at radius 3 is 2.57 bits per heavy atom. The fraction of sp³-hybridized carbons (Fsp3) is 0.600. The molecule has 2 rings (SSSR count). The van der Waals surface area contributed by atoms with Gasteiger partial charge in [0, 0.05) is 12.6 Å². The first kappa shape index (κ1) is 16.4. The van der Waals surface area contributed by atoms with E-state index in [4.69, 9.17) is 4.74 Å². The molecule has 0 spiro atoms. The summed E-state index contributed by atoms with van der Waals surface area (Å²) in [4.78, 5) is 0. The summed E-state index contributed by atoms with van der Waals surface area (Å²) in [7, 11) is -2.83. The average Bonchev–Trinajstić information content (AvgIpc) is 2.47. The van der Waals surface area contributed by atoms with Crippen LogP contribution in [-0.4, -0.2) is 50.3 Å². The molecular weight excluding hydrogens is 290 g/mol. The lowest BCUT2D eigenvalue weighted by atomic mass is 10.1. The standard InChI is InChI=1S/C15H23NO4S/c17-15(12-20-11-13-4-2-1-3-5-13)10-16-14-6-8-21(18,19)9-7-14/h1-5,14-17H,6-12H2. The Morgan fingerprint density at radius 2 is 1.90 bits per heavy atom. The number of hydrogen-bond donors (Lipinski definition) is 2. The van der Waals surface area contributed by atoms with Crippen molar-refractivity contribution < 1.29 is 18.3 Å². The first-order valence-electron chi connectivity index (χ1n) is 7.29. The third kappa shape index (κ3) is 6.13. The molecule has 0 bridgehead atoms. The van der Waals surface area contributed by atoms with Crippen LogP contribution in [0.3, 0.4) is 0 Å². The Bertz CT molecular complexity index is 504. The zero-order valence-electron chi connectivity index (χ0n) is 12.1. The molecule has 0 radical (unpaired) electrons. The number of aliphatic hydroxyl groups is 1. The predicted molar refractivity (Wildman–Crippen MR) is 81.8 cm³/mol. The summed E-state index contributed by atoms with van der Waals surface area (Å²) >= 11 is 0. The first-order valence-corrected chi connectivity index (χ1v) is 9.11. The van der Waals surface area contributed by atoms with Gasteiger partial charge in [-0.3, -0.25) is 0 Å². The van der Waals surface area contributed by atoms with E-state index in [1.165, 1.54) is 0 Å². The second kappa shape index (κ2) is 7.89. The largest absolute Gasteiger partial charge is 0.389 e. The lowest BCUT2D eigenvalue weighted by molar-refractivity contribution is 0.0275. The predicted octanol–water partition coefficient (Wildman–Crippen LogP) is 0.731. The van der Waals surface area contributed by atoms with E-state index in [0.717, 1.165) is 5.56 Å². The molecule has 1 atom stereocenters. The average molecular weight is 313 g/mol. The second-order valence-electron chi connectivity index (χ2n) is 5.49. The van der Waals surface area contributed by atoms with Crippen molar-refractivity contribution in [1.82, 2.24) is 5.32 Å². The number of sulfone groups is 1. The van der Waals surface area contributed by atoms with E-state index in [1.54, 1.807) is 0 Å². The Hall–Kier alpha value is -0.950. The van der Waals surface area contributed by atoms with Gasteiger partial charge in [-0.2, -0.15) is 0 Å². The molecule has 1 unspecified atom stereocenters. The van der Waals surface area contributed by atoms with Crippen LogP contribution in [-0.2, 0) is 21.2 Å². The van der Waals surface area contributed by atoms with E-state index in [1.807, 2.05) is 30.3 Å². The highest BCUT2D eigenvalue weighted by atomic mass is 32.2. The SMILES string of the molecule is O=S1(=O)CCC(NCC(O)COCc2ccccc2)CC1. The molecule has 1 fully saturated rings. The molecule has 2 N–H and O–H groups in total. The summed E-state index contributed by atoms with van der Waals surface area (Å²) in [5.41, 5.74) is 1.08. The van der Waals surface area contributed by atoms with E-state index in [2.05, 4.69) is 5.32 Å². The van der Waals surface area contributed by atoms with Crippen LogP contribution in [0.25, 0.3) is 0 Å². The van der Waals surface area contributed by atoms with Crippen LogP contribution >= 0.6 is 0 Å². The van der Waals surface area contributed by atoms with Crippen molar-refractivity contribution in [3.63, 3.8) is 0 Å². The molecule has 1 aromatic rings. The van der Waals surface area contributed by atoms with Crippen molar-refractivity contribution in [2.45, 2.75) is 31.6 Å². The number of rotatable bonds is 7. The molecule has 5 nitrogen and oxygen atoms in total. The molecule has 1 heterocycles. The van der Waals surface area contributed by atoms with Gasteiger partial charge >= 0.3 is 0 Å². The Morgan fingerprint density at radius 1 is 1.24 bits per heavy atom. The van der Waals surface area contributed by atoms with E-state index in [-0.39, 0.29) is 24.2 Å². The van der Waals surface area contributed by atoms with Gasteiger partial charge in [0.15, 0.2) is 0 Å². The normalized spacial score (nSPS) is 20.2. The number of benzene rings is 1. The van der Waals surface area contributed by atoms with Crippen molar-refractivity contribution in [3.05, 3.63) is 35.9 Å². The molecule has 0 aliphatic carbocycles. The summed E-state index contributed by atoms with van der Waals surface area (Å²) < 4.78 is 28.1. The molecule has 1 saturated heterocycles. The van der Waals surface area contributed by atoms with Crippen molar-refractivity contribution in [3.8, 4) is 0 Å². The van der Waals surface area contributed by atoms with Crippen molar-refractivity contribution in [2.24, 2.45) is 0 Å². The van der Waals surface area contributed by atoms with Gasteiger partial charge in [0.1, 0.15) is 9.84 Å². The topological polar surface area (TPSA) is 75.6 Å². The van der Waals surface area contributed by atoms with Gasteiger partial charge in [-0.15, -0.1) is 0 Å². The van der Waals surface area contributed by atoms with Crippen LogP contribution in [0.1, 0.15) is 18.4 Å². The van der Waals surface area contributed by atoms with Crippen molar-refractivity contribution in [1.29, 1.82) is 0 Å². The minimum atomic E-state index is -2.83. The summed E-state index contributed by atoms with van der Waals surface area (Å²) in [6.45, 7) is 1.19. The zero-order valence-corrected chi connectivity index (χ0v) is 12.9. The van der Waals surface area contributed by atoms with Crippen LogP contribution in [0.2, 0.25) is 0 Å². The highest BCUT2D eigenvalue weighted by molar-refractivity contribution is 7.91. The van der Waals surface area contributed by atoms with Gasteiger partial charge in [-0.05, 0) is 18.4 Å². The molecule has 118 valence electrons. The molecule has 0 aromatic heterocycles. The van der Waals surface area contributed by atoms with Gasteiger partial charge in [0.05, 0.1) is 30.8 Å². The maximum Gasteiger partial charge on any atom is 0.150 e. The minimum Gasteiger partial charge on any atom is -0.389 e. The van der Waals surface area contributed by atoms with Crippen LogP contribution in [0, 0.1) is 0 Å². The smallest absolute Gasteiger partial charge is 0.150 e. The molecule has 1 aliphatic heterocycles. The molecule has 1 aliphatic rings. The van der Waals surface area contributed by atoms with Crippen LogP contribution in [0.15, 0.2) is 30.3 Å². The number of aliphatic hydroxyl groups excluding tert-OH is 1. The van der Waals surface area contributed by atoms with E-state index >= 15 is 0 Å². The first-order chi connectivity index (χ1) is 10.1. The van der Waals surface area contributed by atoms with Gasteiger partial charge in [0.25, 0.3) is 0 Å². The Balaban J connectivity index is 1.59. The molecule has 6 heteroatoms. The second-order valence-corrected chi connectivity index (χ2v) is 7.79. The van der Waals surface area contributed by atoms with Crippen molar-refractivity contribution in [2.75, 3.05) is 24.7 Å². The summed E-state index contributed by atoms with van der Waals surface area (Å²) in [5, 5.41) is 13.1. The van der Waals surface area contributed by atoms with Gasteiger partial charge in [-0.25, -0.2) is 8.42 Å². The Labute approximate surface area is 126 Å². The monoisotopic (exact) mass is 313 g/mol. The van der Waals surface area contributed by atoms with Crippen LogP contribution < -0.4 is 5.32 Å². The molecule has 0 saturated carbocycles. The zero-order chi connectivity index (χ0) is 15.1. The number of hydrogen-bond acceptors (Lipinski definition) is 5. The van der Waals surface area contributed by atoms with Crippen molar-refractivity contribution >= 4 is 9.84 Å². The van der Waals surface area contributed by atoms with Gasteiger partial charge in [0.2, 0.25) is 0 Å². The Kier molecular flexibility index (Phi) is 6.17. The number of ether oxygens (including phenoxy) is 1. The fourth-order valence-corrected chi connectivity index (χ4v) is 3.83. The molecule has 1 aromatic carbocycles. The molecule has 21 heavy (non-hydrogen) atoms.